The average Bonchev–Trinajstić information content (AvgIpc) is 2.60. The van der Waals surface area contributed by atoms with Gasteiger partial charge < -0.3 is 15.7 Å². The van der Waals surface area contributed by atoms with Crippen LogP contribution in [0.3, 0.4) is 0 Å². The van der Waals surface area contributed by atoms with Crippen molar-refractivity contribution in [2.45, 2.75) is 25.8 Å². The maximum atomic E-state index is 12.1. The summed E-state index contributed by atoms with van der Waals surface area (Å²) in [5.74, 6) is -1.22. The van der Waals surface area contributed by atoms with Crippen LogP contribution in [-0.2, 0) is 9.59 Å². The molecule has 0 fully saturated rings. The van der Waals surface area contributed by atoms with Crippen molar-refractivity contribution in [3.8, 4) is 0 Å². The van der Waals surface area contributed by atoms with Crippen molar-refractivity contribution in [3.63, 3.8) is 0 Å². The maximum absolute atomic E-state index is 12.1. The molecule has 0 saturated carbocycles. The Hall–Kier alpha value is -2.66. The summed E-state index contributed by atoms with van der Waals surface area (Å²) in [5.41, 5.74) is 2.38. The second-order valence-corrected chi connectivity index (χ2v) is 5.85. The highest BCUT2D eigenvalue weighted by molar-refractivity contribution is 6.39. The first-order chi connectivity index (χ1) is 11.5. The van der Waals surface area contributed by atoms with Crippen LogP contribution in [0.25, 0.3) is 0 Å². The molecule has 2 amide bonds. The van der Waals surface area contributed by atoms with Crippen molar-refractivity contribution in [2.75, 3.05) is 11.9 Å². The lowest BCUT2D eigenvalue weighted by atomic mass is 10.0. The summed E-state index contributed by atoms with van der Waals surface area (Å²) < 4.78 is 0. The van der Waals surface area contributed by atoms with E-state index in [1.807, 2.05) is 36.4 Å². The summed E-state index contributed by atoms with van der Waals surface area (Å²) in [7, 11) is 0. The third-order valence-corrected chi connectivity index (χ3v) is 3.71. The number of amides is 2. The van der Waals surface area contributed by atoms with E-state index in [0.29, 0.717) is 11.6 Å². The van der Waals surface area contributed by atoms with Gasteiger partial charge >= 0.3 is 11.8 Å². The Labute approximate surface area is 141 Å². The Morgan fingerprint density at radius 2 is 1.62 bits per heavy atom. The Balaban J connectivity index is 2.01. The number of aliphatic hydroxyl groups is 1. The summed E-state index contributed by atoms with van der Waals surface area (Å²) in [4.78, 5) is 24.1. The molecule has 24 heavy (non-hydrogen) atoms. The first kappa shape index (κ1) is 17.7. The van der Waals surface area contributed by atoms with Crippen molar-refractivity contribution < 1.29 is 14.7 Å². The van der Waals surface area contributed by atoms with E-state index in [1.54, 1.807) is 18.2 Å². The van der Waals surface area contributed by atoms with Crippen molar-refractivity contribution in [2.24, 2.45) is 0 Å². The van der Waals surface area contributed by atoms with E-state index in [-0.39, 0.29) is 6.61 Å². The van der Waals surface area contributed by atoms with Crippen LogP contribution in [0.5, 0.6) is 0 Å². The number of hydrogen-bond acceptors (Lipinski definition) is 3. The molecule has 1 atom stereocenters. The molecule has 0 aromatic heterocycles. The van der Waals surface area contributed by atoms with Crippen LogP contribution in [0.2, 0.25) is 0 Å². The van der Waals surface area contributed by atoms with Gasteiger partial charge in [-0.05, 0) is 29.2 Å². The van der Waals surface area contributed by atoms with Crippen LogP contribution < -0.4 is 10.6 Å². The van der Waals surface area contributed by atoms with Crippen molar-refractivity contribution in [3.05, 3.63) is 65.7 Å². The number of carbonyl (C=O) groups is 2. The molecule has 2 rings (SSSR count). The second kappa shape index (κ2) is 8.26. The average molecular weight is 326 g/mol. The van der Waals surface area contributed by atoms with Crippen molar-refractivity contribution >= 4 is 17.5 Å². The number of benzene rings is 2. The summed E-state index contributed by atoms with van der Waals surface area (Å²) in [6.45, 7) is 3.82. The molecule has 126 valence electrons. The quantitative estimate of drug-likeness (QED) is 0.739. The molecule has 0 aliphatic heterocycles. The Morgan fingerprint density at radius 1 is 0.958 bits per heavy atom. The zero-order chi connectivity index (χ0) is 17.5. The van der Waals surface area contributed by atoms with Crippen LogP contribution in [0.15, 0.2) is 54.6 Å². The molecular weight excluding hydrogens is 304 g/mol. The normalized spacial score (nSPS) is 11.8. The van der Waals surface area contributed by atoms with E-state index < -0.39 is 17.9 Å². The molecule has 0 aliphatic carbocycles. The molecular formula is C19H22N2O3. The van der Waals surface area contributed by atoms with Gasteiger partial charge in [0.2, 0.25) is 0 Å². The van der Waals surface area contributed by atoms with Gasteiger partial charge in [0.05, 0.1) is 12.6 Å². The molecule has 0 saturated heterocycles. The van der Waals surface area contributed by atoms with Gasteiger partial charge in [0, 0.05) is 5.69 Å². The van der Waals surface area contributed by atoms with E-state index in [1.165, 1.54) is 0 Å². The lowest BCUT2D eigenvalue weighted by Gasteiger charge is -2.16. The van der Waals surface area contributed by atoms with Crippen LogP contribution in [-0.4, -0.2) is 23.5 Å². The van der Waals surface area contributed by atoms with Crippen LogP contribution in [0.1, 0.15) is 36.9 Å². The molecule has 0 bridgehead atoms. The van der Waals surface area contributed by atoms with Gasteiger partial charge in [0.1, 0.15) is 0 Å². The van der Waals surface area contributed by atoms with Crippen LogP contribution >= 0.6 is 0 Å². The molecule has 2 aromatic carbocycles. The number of hydrogen-bond donors (Lipinski definition) is 3. The van der Waals surface area contributed by atoms with Gasteiger partial charge in [-0.2, -0.15) is 0 Å². The van der Waals surface area contributed by atoms with Crippen LogP contribution in [0, 0.1) is 0 Å². The number of rotatable bonds is 5. The molecule has 1 unspecified atom stereocenters. The Bertz CT molecular complexity index is 699. The maximum Gasteiger partial charge on any atom is 0.313 e. The summed E-state index contributed by atoms with van der Waals surface area (Å²) in [6, 6.07) is 15.8. The van der Waals surface area contributed by atoms with E-state index in [9.17, 15) is 14.7 Å². The lowest BCUT2D eigenvalue weighted by molar-refractivity contribution is -0.136. The number of aliphatic hydroxyl groups excluding tert-OH is 1. The van der Waals surface area contributed by atoms with Gasteiger partial charge in [-0.3, -0.25) is 9.59 Å². The third-order valence-electron chi connectivity index (χ3n) is 3.71. The van der Waals surface area contributed by atoms with E-state index >= 15 is 0 Å². The molecule has 0 spiro atoms. The van der Waals surface area contributed by atoms with E-state index in [2.05, 4.69) is 24.5 Å². The highest BCUT2D eigenvalue weighted by Crippen LogP contribution is 2.18. The molecule has 2 aromatic rings. The number of anilines is 1. The highest BCUT2D eigenvalue weighted by Gasteiger charge is 2.19. The van der Waals surface area contributed by atoms with E-state index in [0.717, 1.165) is 11.1 Å². The third kappa shape index (κ3) is 4.67. The summed E-state index contributed by atoms with van der Waals surface area (Å²) in [6.07, 6.45) is 0. The smallest absolute Gasteiger partial charge is 0.313 e. The lowest BCUT2D eigenvalue weighted by Crippen LogP contribution is -2.39. The fourth-order valence-corrected chi connectivity index (χ4v) is 2.31. The van der Waals surface area contributed by atoms with Gasteiger partial charge in [0.15, 0.2) is 0 Å². The van der Waals surface area contributed by atoms with Crippen molar-refractivity contribution in [1.82, 2.24) is 5.32 Å². The summed E-state index contributed by atoms with van der Waals surface area (Å²) in [5, 5.41) is 14.6. The zero-order valence-corrected chi connectivity index (χ0v) is 13.8. The predicted molar refractivity (Wildman–Crippen MR) is 93.6 cm³/mol. The minimum absolute atomic E-state index is 0.286. The van der Waals surface area contributed by atoms with Gasteiger partial charge in [-0.1, -0.05) is 56.3 Å². The van der Waals surface area contributed by atoms with Gasteiger partial charge in [-0.25, -0.2) is 0 Å². The van der Waals surface area contributed by atoms with Gasteiger partial charge in [0.25, 0.3) is 0 Å². The standard InChI is InChI=1S/C19H22N2O3/c1-13(2)15-9-6-10-16(11-15)20-18(23)19(24)21-17(12-22)14-7-4-3-5-8-14/h3-11,13,17,22H,12H2,1-2H3,(H,20,23)(H,21,24). The Morgan fingerprint density at radius 3 is 2.25 bits per heavy atom. The molecule has 0 aliphatic rings. The number of carbonyl (C=O) groups excluding carboxylic acids is 2. The SMILES string of the molecule is CC(C)c1cccc(NC(=O)C(=O)NC(CO)c2ccccc2)c1. The monoisotopic (exact) mass is 326 g/mol. The first-order valence-corrected chi connectivity index (χ1v) is 7.89. The summed E-state index contributed by atoms with van der Waals surface area (Å²) >= 11 is 0. The zero-order valence-electron chi connectivity index (χ0n) is 13.8. The number of nitrogens with one attached hydrogen (secondary N) is 2. The van der Waals surface area contributed by atoms with Crippen LogP contribution in [0.4, 0.5) is 5.69 Å². The molecule has 5 heteroatoms. The topological polar surface area (TPSA) is 78.4 Å². The predicted octanol–water partition coefficient (Wildman–Crippen LogP) is 2.60. The highest BCUT2D eigenvalue weighted by atomic mass is 16.3. The second-order valence-electron chi connectivity index (χ2n) is 5.85. The van der Waals surface area contributed by atoms with Crippen molar-refractivity contribution in [1.29, 1.82) is 0 Å². The minimum atomic E-state index is -0.784. The Kier molecular flexibility index (Phi) is 6.09. The van der Waals surface area contributed by atoms with Gasteiger partial charge in [-0.15, -0.1) is 0 Å². The fourth-order valence-electron chi connectivity index (χ4n) is 2.31. The molecule has 3 N–H and O–H groups in total. The van der Waals surface area contributed by atoms with E-state index in [4.69, 9.17) is 0 Å². The molecule has 0 heterocycles. The first-order valence-electron chi connectivity index (χ1n) is 7.89. The molecule has 0 radical (unpaired) electrons. The largest absolute Gasteiger partial charge is 0.394 e. The minimum Gasteiger partial charge on any atom is -0.394 e. The fraction of sp³-hybridized carbons (Fsp3) is 0.263. The molecule has 5 nitrogen and oxygen atoms in total.